The molecule has 0 aliphatic carbocycles. The fourth-order valence-electron chi connectivity index (χ4n) is 0.764. The SMILES string of the molecule is CSP(=O)(OC(C)(C)C)OC(C)(C)C. The molecule has 0 atom stereocenters. The Morgan fingerprint density at radius 1 is 0.929 bits per heavy atom. The maximum atomic E-state index is 12.1. The average molecular weight is 240 g/mol. The van der Waals surface area contributed by atoms with Gasteiger partial charge in [0.1, 0.15) is 0 Å². The van der Waals surface area contributed by atoms with Crippen LogP contribution in [0.15, 0.2) is 0 Å². The van der Waals surface area contributed by atoms with E-state index in [1.54, 1.807) is 6.26 Å². The molecular formula is C9H21O3PS. The lowest BCUT2D eigenvalue weighted by Crippen LogP contribution is -2.22. The van der Waals surface area contributed by atoms with Crippen LogP contribution >= 0.6 is 18.2 Å². The van der Waals surface area contributed by atoms with Gasteiger partial charge in [0.05, 0.1) is 11.2 Å². The molecule has 0 aliphatic heterocycles. The third kappa shape index (κ3) is 6.88. The van der Waals surface area contributed by atoms with Crippen molar-refractivity contribution in [2.24, 2.45) is 0 Å². The summed E-state index contributed by atoms with van der Waals surface area (Å²) in [7, 11) is 0. The standard InChI is InChI=1S/C9H21O3PS/c1-8(2,3)11-13(10,14-7)12-9(4,5)6/h1-7H3. The second kappa shape index (κ2) is 4.56. The lowest BCUT2D eigenvalue weighted by atomic mass is 10.2. The minimum atomic E-state index is -3.03. The van der Waals surface area contributed by atoms with E-state index in [4.69, 9.17) is 9.05 Å². The molecule has 0 aromatic heterocycles. The normalized spacial score (nSPS) is 14.5. The van der Waals surface area contributed by atoms with E-state index in [1.165, 1.54) is 0 Å². The predicted molar refractivity (Wildman–Crippen MR) is 62.8 cm³/mol. The third-order valence-electron chi connectivity index (χ3n) is 0.995. The van der Waals surface area contributed by atoms with Gasteiger partial charge < -0.3 is 0 Å². The van der Waals surface area contributed by atoms with Gasteiger partial charge in [0.2, 0.25) is 0 Å². The largest absolute Gasteiger partial charge is 0.389 e. The van der Waals surface area contributed by atoms with Crippen LogP contribution in [0.2, 0.25) is 0 Å². The topological polar surface area (TPSA) is 35.5 Å². The first kappa shape index (κ1) is 14.5. The van der Waals surface area contributed by atoms with Crippen molar-refractivity contribution in [1.29, 1.82) is 0 Å². The fraction of sp³-hybridized carbons (Fsp3) is 1.00. The van der Waals surface area contributed by atoms with Gasteiger partial charge in [-0.2, -0.15) is 0 Å². The van der Waals surface area contributed by atoms with Gasteiger partial charge in [-0.1, -0.05) is 0 Å². The zero-order chi connectivity index (χ0) is 11.6. The molecule has 0 aromatic carbocycles. The first-order valence-corrected chi connectivity index (χ1v) is 7.92. The molecule has 0 aromatic rings. The van der Waals surface area contributed by atoms with Crippen LogP contribution in [0.25, 0.3) is 0 Å². The molecule has 0 heterocycles. The van der Waals surface area contributed by atoms with Crippen molar-refractivity contribution in [3.05, 3.63) is 0 Å². The summed E-state index contributed by atoms with van der Waals surface area (Å²) in [6.07, 6.45) is 1.73. The lowest BCUT2D eigenvalue weighted by molar-refractivity contribution is 0.0593. The quantitative estimate of drug-likeness (QED) is 0.696. The van der Waals surface area contributed by atoms with Crippen LogP contribution in [0, 0.1) is 0 Å². The third-order valence-corrected chi connectivity index (χ3v) is 4.77. The molecular weight excluding hydrogens is 219 g/mol. The van der Waals surface area contributed by atoms with E-state index >= 15 is 0 Å². The van der Waals surface area contributed by atoms with Gasteiger partial charge in [-0.15, -0.1) is 0 Å². The molecule has 3 nitrogen and oxygen atoms in total. The first-order valence-electron chi connectivity index (χ1n) is 4.55. The Balaban J connectivity index is 4.59. The van der Waals surface area contributed by atoms with Crippen molar-refractivity contribution in [2.45, 2.75) is 52.7 Å². The van der Waals surface area contributed by atoms with Crippen LogP contribution in [0.1, 0.15) is 41.5 Å². The lowest BCUT2D eigenvalue weighted by Gasteiger charge is -2.30. The molecule has 0 fully saturated rings. The van der Waals surface area contributed by atoms with Crippen molar-refractivity contribution in [3.63, 3.8) is 0 Å². The van der Waals surface area contributed by atoms with Gasteiger partial charge in [-0.05, 0) is 59.2 Å². The molecule has 0 unspecified atom stereocenters. The van der Waals surface area contributed by atoms with Crippen LogP contribution in [0.3, 0.4) is 0 Å². The van der Waals surface area contributed by atoms with Gasteiger partial charge in [0.25, 0.3) is 0 Å². The van der Waals surface area contributed by atoms with E-state index in [1.807, 2.05) is 41.5 Å². The summed E-state index contributed by atoms with van der Waals surface area (Å²) in [5.41, 5.74) is -0.909. The summed E-state index contributed by atoms with van der Waals surface area (Å²) < 4.78 is 23.0. The second-order valence-electron chi connectivity index (χ2n) is 5.04. The smallest absolute Gasteiger partial charge is 0.295 e. The van der Waals surface area contributed by atoms with Crippen molar-refractivity contribution in [2.75, 3.05) is 6.26 Å². The number of hydrogen-bond acceptors (Lipinski definition) is 4. The molecule has 0 aliphatic rings. The summed E-state index contributed by atoms with van der Waals surface area (Å²) in [4.78, 5) is 0. The molecule has 0 saturated heterocycles. The minimum absolute atomic E-state index is 0.455. The average Bonchev–Trinajstić information content (AvgIpc) is 1.78. The molecule has 0 spiro atoms. The zero-order valence-corrected chi connectivity index (χ0v) is 11.8. The van der Waals surface area contributed by atoms with Crippen LogP contribution in [0.4, 0.5) is 0 Å². The summed E-state index contributed by atoms with van der Waals surface area (Å²) in [6, 6.07) is 0. The second-order valence-corrected chi connectivity index (χ2v) is 9.10. The van der Waals surface area contributed by atoms with Crippen LogP contribution < -0.4 is 0 Å². The van der Waals surface area contributed by atoms with Crippen molar-refractivity contribution < 1.29 is 13.6 Å². The Morgan fingerprint density at radius 2 is 1.21 bits per heavy atom. The molecule has 0 amide bonds. The van der Waals surface area contributed by atoms with Crippen LogP contribution in [0.5, 0.6) is 0 Å². The maximum absolute atomic E-state index is 12.1. The highest BCUT2D eigenvalue weighted by molar-refractivity contribution is 8.54. The van der Waals surface area contributed by atoms with Crippen LogP contribution in [-0.2, 0) is 13.6 Å². The molecule has 0 bridgehead atoms. The Kier molecular flexibility index (Phi) is 4.73. The summed E-state index contributed by atoms with van der Waals surface area (Å²) in [5.74, 6) is 0. The van der Waals surface area contributed by atoms with E-state index in [2.05, 4.69) is 0 Å². The predicted octanol–water partition coefficient (Wildman–Crippen LogP) is 4.09. The van der Waals surface area contributed by atoms with E-state index in [-0.39, 0.29) is 0 Å². The van der Waals surface area contributed by atoms with Gasteiger partial charge in [0.15, 0.2) is 0 Å². The number of rotatable bonds is 3. The Bertz CT molecular complexity index is 207. The molecule has 0 radical (unpaired) electrons. The van der Waals surface area contributed by atoms with Crippen molar-refractivity contribution >= 4 is 18.2 Å². The number of hydrogen-bond donors (Lipinski definition) is 0. The highest BCUT2D eigenvalue weighted by Crippen LogP contribution is 2.63. The Morgan fingerprint density at radius 3 is 1.36 bits per heavy atom. The highest BCUT2D eigenvalue weighted by Gasteiger charge is 2.34. The van der Waals surface area contributed by atoms with E-state index < -0.39 is 18.0 Å². The molecule has 5 heteroatoms. The van der Waals surface area contributed by atoms with E-state index in [9.17, 15) is 4.57 Å². The first-order chi connectivity index (χ1) is 5.97. The van der Waals surface area contributed by atoms with E-state index in [0.29, 0.717) is 0 Å². The molecule has 86 valence electrons. The zero-order valence-electron chi connectivity index (χ0n) is 10.1. The maximum Gasteiger partial charge on any atom is 0.389 e. The minimum Gasteiger partial charge on any atom is -0.295 e. The summed E-state index contributed by atoms with van der Waals surface area (Å²) in [6.45, 7) is 8.15. The molecule has 0 saturated carbocycles. The highest BCUT2D eigenvalue weighted by atomic mass is 32.7. The van der Waals surface area contributed by atoms with E-state index in [0.717, 1.165) is 11.4 Å². The van der Waals surface area contributed by atoms with Crippen molar-refractivity contribution in [3.8, 4) is 0 Å². The molecule has 0 N–H and O–H groups in total. The van der Waals surface area contributed by atoms with Crippen molar-refractivity contribution in [1.82, 2.24) is 0 Å². The fourth-order valence-corrected chi connectivity index (χ4v) is 4.08. The van der Waals surface area contributed by atoms with Gasteiger partial charge in [0, 0.05) is 0 Å². The monoisotopic (exact) mass is 240 g/mol. The molecule has 0 rings (SSSR count). The Labute approximate surface area is 91.2 Å². The summed E-state index contributed by atoms with van der Waals surface area (Å²) in [5, 5.41) is 0. The van der Waals surface area contributed by atoms with Crippen LogP contribution in [-0.4, -0.2) is 17.5 Å². The van der Waals surface area contributed by atoms with Gasteiger partial charge >= 0.3 is 6.80 Å². The van der Waals surface area contributed by atoms with Gasteiger partial charge in [-0.3, -0.25) is 9.05 Å². The Hall–Kier alpha value is 0.500. The van der Waals surface area contributed by atoms with Gasteiger partial charge in [-0.25, -0.2) is 4.57 Å². The summed E-state index contributed by atoms with van der Waals surface area (Å²) >= 11 is 1.14. The molecule has 14 heavy (non-hydrogen) atoms.